The molecule has 6 N–H and O–H groups in total. The van der Waals surface area contributed by atoms with Crippen LogP contribution in [0.15, 0.2) is 64.6 Å². The maximum absolute atomic E-state index is 16.2. The van der Waals surface area contributed by atoms with Crippen LogP contribution in [-0.4, -0.2) is 147 Å². The molecule has 20 nitrogen and oxygen atoms in total. The number of carbonyl (C=O) groups is 6. The number of hydrogen-bond donors (Lipinski definition) is 6. The number of carboxylic acids is 1. The summed E-state index contributed by atoms with van der Waals surface area (Å²) in [4.78, 5) is 100.0. The maximum atomic E-state index is 16.2. The second-order valence-electron chi connectivity index (χ2n) is 24.2. The van der Waals surface area contributed by atoms with Gasteiger partial charge < -0.3 is 59.8 Å². The van der Waals surface area contributed by atoms with Crippen molar-refractivity contribution in [3.05, 3.63) is 115 Å². The SMILES string of the molecule is CO[C@H]1C=CO[C@@]2(C)Oc3c(C)c(O)c4c(c3C2=O)C(=O)C(N2CCC(NCC3(C(F)(F)F)CCN(c5c(F)cn6c(=O)c(C(=O)O)cc(C7CC7)c6c5C)C3)CC2)=C(NC(=O)C(C)=CC=C[C@H](C)[C@H](O)[C@@H](C)[C@@H](O)[C@@H](C)[C@H](OC(C)=O)[C@@H]1C)C4=O. The number of phenols is 1. The van der Waals surface area contributed by atoms with E-state index in [1.807, 2.05) is 0 Å². The van der Waals surface area contributed by atoms with Crippen molar-refractivity contribution in [2.24, 2.45) is 29.1 Å². The Kier molecular flexibility index (Phi) is 17.4. The van der Waals surface area contributed by atoms with Crippen molar-refractivity contribution in [3.63, 3.8) is 0 Å². The van der Waals surface area contributed by atoms with Crippen molar-refractivity contribution in [2.75, 3.05) is 44.7 Å². The molecule has 10 atom stereocenters. The molecule has 24 heteroatoms. The van der Waals surface area contributed by atoms with Crippen LogP contribution >= 0.6 is 0 Å². The number of carboxylic acid groups (broad SMARTS) is 1. The minimum atomic E-state index is -4.80. The van der Waals surface area contributed by atoms with E-state index in [1.165, 1.54) is 75.8 Å². The molecule has 10 rings (SSSR count). The number of nitrogens with zero attached hydrogens (tertiary/aromatic N) is 3. The van der Waals surface area contributed by atoms with Crippen LogP contribution in [0.2, 0.25) is 0 Å². The molecule has 1 amide bonds. The summed E-state index contributed by atoms with van der Waals surface area (Å²) in [6.45, 7) is 11.8. The molecule has 7 heterocycles. The highest BCUT2D eigenvalue weighted by atomic mass is 19.4. The summed E-state index contributed by atoms with van der Waals surface area (Å²) in [6.07, 6.45) is -0.104. The standard InChI is InChI=1S/C62H73F4N5O15/c1-28-12-11-13-29(2)57(79)68-45-48(69-20-16-37(17-21-69)67-26-61(62(64,65)66)19-22-70(27-61)47-31(4)46-38(36-14-15-36)24-39(59(81)82)58(80)71(46)25-40(47)63)53(77)42-43(52(45)76)51(75)34(7)55-44(42)56(78)60(9,86-55)84-23-18-41(83-10)30(3)54(85-35(8)72)33(6)50(74)32(5)49(28)73/h11-13,18,23-25,28,30,32-33,36-37,41,49-50,54,67,73-75H,14-17,19-22,26-27H2,1-10H3,(H,68,79)(H,81,82)/t28-,30+,32+,33+,41-,49-,50+,54+,60-,61?/m0/s1. The molecule has 2 aliphatic carbocycles. The van der Waals surface area contributed by atoms with Gasteiger partial charge in [-0.15, -0.1) is 0 Å². The highest BCUT2D eigenvalue weighted by Gasteiger charge is 2.59. The number of ketones is 3. The molecular weight excluding hydrogens is 1130 g/mol. The number of carbonyl (C=O) groups excluding carboxylic acids is 5. The van der Waals surface area contributed by atoms with Crippen molar-refractivity contribution in [3.8, 4) is 11.5 Å². The number of methoxy groups -OCH3 is 1. The Hall–Kier alpha value is -7.41. The number of rotatable bonds is 9. The van der Waals surface area contributed by atoms with Gasteiger partial charge in [0.05, 0.1) is 64.1 Å². The predicted octanol–water partition coefficient (Wildman–Crippen LogP) is 7.11. The number of anilines is 1. The highest BCUT2D eigenvalue weighted by molar-refractivity contribution is 6.32. The van der Waals surface area contributed by atoms with Crippen LogP contribution in [0, 0.1) is 48.8 Å². The Morgan fingerprint density at radius 2 is 1.56 bits per heavy atom. The van der Waals surface area contributed by atoms with E-state index in [-0.39, 0.29) is 77.7 Å². The number of halogens is 4. The van der Waals surface area contributed by atoms with Gasteiger partial charge in [-0.1, -0.05) is 45.9 Å². The second kappa shape index (κ2) is 23.7. The predicted molar refractivity (Wildman–Crippen MR) is 303 cm³/mol. The molecule has 3 aromatic rings. The van der Waals surface area contributed by atoms with E-state index in [9.17, 15) is 44.4 Å². The van der Waals surface area contributed by atoms with Crippen LogP contribution in [0.1, 0.15) is 145 Å². The van der Waals surface area contributed by atoms with Gasteiger partial charge in [-0.05, 0) is 82.1 Å². The van der Waals surface area contributed by atoms with Crippen LogP contribution in [0.5, 0.6) is 11.5 Å². The van der Waals surface area contributed by atoms with E-state index in [0.29, 0.717) is 18.4 Å². The van der Waals surface area contributed by atoms with Gasteiger partial charge in [-0.25, -0.2) is 9.18 Å². The summed E-state index contributed by atoms with van der Waals surface area (Å²) in [5.74, 6) is -13.1. The lowest BCUT2D eigenvalue weighted by molar-refractivity contribution is -0.215. The highest BCUT2D eigenvalue weighted by Crippen LogP contribution is 2.51. The molecule has 1 aromatic carbocycles. The Morgan fingerprint density at radius 1 is 0.884 bits per heavy atom. The number of phenolic OH excluding ortho intramolecular Hbond substituents is 1. The number of aromatic nitrogens is 1. The fourth-order valence-corrected chi connectivity index (χ4v) is 13.1. The minimum Gasteiger partial charge on any atom is -0.507 e. The number of aliphatic hydroxyl groups is 2. The average Bonchev–Trinajstić information content (AvgIpc) is 1.42. The third kappa shape index (κ3) is 11.2. The molecule has 464 valence electrons. The van der Waals surface area contributed by atoms with Gasteiger partial charge in [0, 0.05) is 94.5 Å². The van der Waals surface area contributed by atoms with Gasteiger partial charge in [0.25, 0.3) is 17.2 Å². The number of aliphatic hydroxyl groups excluding tert-OH is 2. The Bertz CT molecular complexity index is 3510. The smallest absolute Gasteiger partial charge is 0.397 e. The number of amides is 1. The summed E-state index contributed by atoms with van der Waals surface area (Å²) in [5, 5.41) is 50.4. The number of likely N-dealkylation sites (tertiary alicyclic amines) is 1. The molecule has 2 aromatic heterocycles. The molecule has 0 spiro atoms. The monoisotopic (exact) mass is 1200 g/mol. The Morgan fingerprint density at radius 3 is 2.17 bits per heavy atom. The quantitative estimate of drug-likeness (QED) is 0.0920. The molecule has 2 saturated heterocycles. The summed E-state index contributed by atoms with van der Waals surface area (Å²) in [6, 6.07) is 0.664. The zero-order chi connectivity index (χ0) is 63.0. The Balaban J connectivity index is 1.02. The third-order valence-corrected chi connectivity index (χ3v) is 18.4. The summed E-state index contributed by atoms with van der Waals surface area (Å²) in [5.41, 5.74) is -5.62. The van der Waals surface area contributed by atoms with E-state index < -0.39 is 171 Å². The summed E-state index contributed by atoms with van der Waals surface area (Å²) in [7, 11) is 1.38. The fourth-order valence-electron chi connectivity index (χ4n) is 13.1. The number of pyridine rings is 2. The molecule has 1 unspecified atom stereocenters. The molecule has 1 saturated carbocycles. The number of piperidine rings is 1. The van der Waals surface area contributed by atoms with Gasteiger partial charge in [0.1, 0.15) is 34.6 Å². The third-order valence-electron chi connectivity index (χ3n) is 18.4. The summed E-state index contributed by atoms with van der Waals surface area (Å²) >= 11 is 0. The maximum Gasteiger partial charge on any atom is 0.397 e. The number of aromatic hydroxyl groups is 1. The molecule has 86 heavy (non-hydrogen) atoms. The van der Waals surface area contributed by atoms with E-state index in [2.05, 4.69) is 10.6 Å². The Labute approximate surface area is 493 Å². The van der Waals surface area contributed by atoms with Crippen molar-refractivity contribution in [1.82, 2.24) is 19.9 Å². The number of fused-ring (bicyclic) bond motifs is 15. The summed E-state index contributed by atoms with van der Waals surface area (Å²) < 4.78 is 87.4. The van der Waals surface area contributed by atoms with Crippen LogP contribution in [0.3, 0.4) is 0 Å². The normalized spacial score (nSPS) is 28.9. The number of hydrogen-bond acceptors (Lipinski definition) is 17. The number of esters is 1. The van der Waals surface area contributed by atoms with E-state index in [4.69, 9.17) is 18.9 Å². The van der Waals surface area contributed by atoms with Gasteiger partial charge in [0.2, 0.25) is 11.6 Å². The van der Waals surface area contributed by atoms with Gasteiger partial charge in [-0.2, -0.15) is 13.2 Å². The lowest BCUT2D eigenvalue weighted by atomic mass is 9.78. The van der Waals surface area contributed by atoms with Crippen molar-refractivity contribution in [2.45, 2.75) is 143 Å². The fraction of sp³-hybridized carbons (Fsp3) is 0.532. The number of alkyl halides is 3. The topological polar surface area (TPSA) is 272 Å². The van der Waals surface area contributed by atoms with Crippen LogP contribution < -0.4 is 25.8 Å². The van der Waals surface area contributed by atoms with Crippen LogP contribution in [-0.2, 0) is 23.8 Å². The van der Waals surface area contributed by atoms with Gasteiger partial charge in [0.15, 0.2) is 5.82 Å². The van der Waals surface area contributed by atoms with Crippen molar-refractivity contribution < 1.29 is 85.7 Å². The minimum absolute atomic E-state index is 0.0140. The number of allylic oxidation sites excluding steroid dienone is 4. The number of nitrogens with one attached hydrogen (secondary N) is 2. The zero-order valence-electron chi connectivity index (χ0n) is 49.5. The lowest BCUT2D eigenvalue weighted by Crippen LogP contribution is -2.52. The molecule has 7 aliphatic rings. The number of benzene rings is 1. The van der Waals surface area contributed by atoms with Crippen LogP contribution in [0.25, 0.3) is 5.52 Å². The number of ether oxygens (including phenoxy) is 4. The van der Waals surface area contributed by atoms with Gasteiger partial charge in [-0.3, -0.25) is 33.2 Å². The number of Topliss-reactive ketones (excluding diaryl/α,β-unsaturated/α-hetero) is 3. The van der Waals surface area contributed by atoms with E-state index in [0.717, 1.165) is 16.9 Å². The average molecular weight is 1200 g/mol. The first kappa shape index (κ1) is 63.1. The molecule has 0 radical (unpaired) electrons. The lowest BCUT2D eigenvalue weighted by Gasteiger charge is -2.39. The zero-order valence-corrected chi connectivity index (χ0v) is 49.5. The molecule has 5 bridgehead atoms. The number of aryl methyl sites for hydroxylation is 1. The molecular formula is C62H73F4N5O15. The second-order valence-corrected chi connectivity index (χ2v) is 24.2. The largest absolute Gasteiger partial charge is 0.507 e. The van der Waals surface area contributed by atoms with Crippen molar-refractivity contribution >= 4 is 46.4 Å². The van der Waals surface area contributed by atoms with E-state index in [1.54, 1.807) is 33.8 Å². The van der Waals surface area contributed by atoms with E-state index >= 15 is 27.2 Å². The molecule has 5 aliphatic heterocycles. The van der Waals surface area contributed by atoms with Gasteiger partial charge >= 0.3 is 23.9 Å². The first-order valence-corrected chi connectivity index (χ1v) is 28.8. The first-order chi connectivity index (χ1) is 40.4. The van der Waals surface area contributed by atoms with Crippen LogP contribution in [0.4, 0.5) is 23.2 Å². The molecule has 3 fully saturated rings. The van der Waals surface area contributed by atoms with Crippen molar-refractivity contribution in [1.29, 1.82) is 0 Å². The number of aromatic carboxylic acids is 1. The first-order valence-electron chi connectivity index (χ1n) is 28.8.